The molecule has 0 bridgehead atoms. The van der Waals surface area contributed by atoms with Gasteiger partial charge in [-0.2, -0.15) is 0 Å². The summed E-state index contributed by atoms with van der Waals surface area (Å²) in [7, 11) is 3.68. The summed E-state index contributed by atoms with van der Waals surface area (Å²) in [5.41, 5.74) is 3.10. The lowest BCUT2D eigenvalue weighted by Gasteiger charge is -2.22. The van der Waals surface area contributed by atoms with Crippen molar-refractivity contribution in [2.45, 2.75) is 13.2 Å². The molecule has 0 aliphatic heterocycles. The normalized spacial score (nSPS) is 10.4. The SMILES string of the molecule is COc1cccc(CN(C)c2cc(Br)ccc2CO)c1. The van der Waals surface area contributed by atoms with Crippen LogP contribution in [0, 0.1) is 0 Å². The molecule has 3 nitrogen and oxygen atoms in total. The fourth-order valence-electron chi connectivity index (χ4n) is 2.16. The van der Waals surface area contributed by atoms with E-state index in [1.54, 1.807) is 7.11 Å². The Morgan fingerprint density at radius 3 is 2.70 bits per heavy atom. The molecule has 106 valence electrons. The van der Waals surface area contributed by atoms with E-state index in [1.165, 1.54) is 0 Å². The lowest BCUT2D eigenvalue weighted by atomic mass is 10.1. The first-order valence-electron chi connectivity index (χ1n) is 6.37. The van der Waals surface area contributed by atoms with E-state index in [1.807, 2.05) is 43.4 Å². The van der Waals surface area contributed by atoms with Crippen molar-refractivity contribution in [3.8, 4) is 5.75 Å². The van der Waals surface area contributed by atoms with E-state index in [4.69, 9.17) is 4.74 Å². The maximum absolute atomic E-state index is 9.44. The van der Waals surface area contributed by atoms with Gasteiger partial charge in [0.05, 0.1) is 13.7 Å². The molecule has 2 aromatic carbocycles. The largest absolute Gasteiger partial charge is 0.497 e. The first-order chi connectivity index (χ1) is 9.63. The van der Waals surface area contributed by atoms with E-state index in [0.717, 1.165) is 33.6 Å². The summed E-state index contributed by atoms with van der Waals surface area (Å²) in [5.74, 6) is 0.854. The summed E-state index contributed by atoms with van der Waals surface area (Å²) in [5, 5.41) is 9.44. The average Bonchev–Trinajstić information content (AvgIpc) is 2.47. The van der Waals surface area contributed by atoms with Gasteiger partial charge in [0.2, 0.25) is 0 Å². The lowest BCUT2D eigenvalue weighted by Crippen LogP contribution is -2.18. The number of hydrogen-bond acceptors (Lipinski definition) is 3. The predicted molar refractivity (Wildman–Crippen MR) is 85.2 cm³/mol. The van der Waals surface area contributed by atoms with Crippen molar-refractivity contribution in [3.63, 3.8) is 0 Å². The number of anilines is 1. The maximum Gasteiger partial charge on any atom is 0.119 e. The Kier molecular flexibility index (Phi) is 5.04. The van der Waals surface area contributed by atoms with E-state index >= 15 is 0 Å². The zero-order chi connectivity index (χ0) is 14.5. The number of aliphatic hydroxyl groups is 1. The van der Waals surface area contributed by atoms with E-state index < -0.39 is 0 Å². The minimum atomic E-state index is 0.0328. The standard InChI is InChI=1S/C16H18BrNO2/c1-18(10-12-4-3-5-15(8-12)20-2)16-9-14(17)7-6-13(16)11-19/h3-9,19H,10-11H2,1-2H3. The van der Waals surface area contributed by atoms with Crippen LogP contribution in [0.15, 0.2) is 46.9 Å². The molecule has 2 aromatic rings. The van der Waals surface area contributed by atoms with Crippen molar-refractivity contribution in [1.29, 1.82) is 0 Å². The molecular weight excluding hydrogens is 318 g/mol. The second-order valence-electron chi connectivity index (χ2n) is 4.64. The molecule has 4 heteroatoms. The second kappa shape index (κ2) is 6.77. The van der Waals surface area contributed by atoms with Gasteiger partial charge < -0.3 is 14.7 Å². The summed E-state index contributed by atoms with van der Waals surface area (Å²) in [6.45, 7) is 0.783. The third kappa shape index (κ3) is 3.52. The molecule has 0 unspecified atom stereocenters. The van der Waals surface area contributed by atoms with Crippen molar-refractivity contribution in [2.24, 2.45) is 0 Å². The zero-order valence-electron chi connectivity index (χ0n) is 11.6. The van der Waals surface area contributed by atoms with E-state index in [-0.39, 0.29) is 6.61 Å². The number of hydrogen-bond donors (Lipinski definition) is 1. The molecule has 0 spiro atoms. The highest BCUT2D eigenvalue weighted by atomic mass is 79.9. The van der Waals surface area contributed by atoms with Crippen LogP contribution in [-0.4, -0.2) is 19.3 Å². The second-order valence-corrected chi connectivity index (χ2v) is 5.55. The fraction of sp³-hybridized carbons (Fsp3) is 0.250. The molecule has 0 heterocycles. The van der Waals surface area contributed by atoms with Crippen LogP contribution in [0.2, 0.25) is 0 Å². The van der Waals surface area contributed by atoms with Crippen LogP contribution in [-0.2, 0) is 13.2 Å². The summed E-state index contributed by atoms with van der Waals surface area (Å²) in [6, 6.07) is 13.9. The van der Waals surface area contributed by atoms with Crippen LogP contribution in [0.25, 0.3) is 0 Å². The number of rotatable bonds is 5. The van der Waals surface area contributed by atoms with Crippen LogP contribution in [0.5, 0.6) is 5.75 Å². The molecule has 0 atom stereocenters. The van der Waals surface area contributed by atoms with Gasteiger partial charge in [-0.1, -0.05) is 34.1 Å². The highest BCUT2D eigenvalue weighted by Crippen LogP contribution is 2.26. The molecule has 20 heavy (non-hydrogen) atoms. The average molecular weight is 336 g/mol. The van der Waals surface area contributed by atoms with Crippen molar-refractivity contribution in [2.75, 3.05) is 19.1 Å². The molecule has 0 saturated heterocycles. The first-order valence-corrected chi connectivity index (χ1v) is 7.16. The van der Waals surface area contributed by atoms with Crippen molar-refractivity contribution >= 4 is 21.6 Å². The Morgan fingerprint density at radius 2 is 2.00 bits per heavy atom. The van der Waals surface area contributed by atoms with Gasteiger partial charge in [0.25, 0.3) is 0 Å². The van der Waals surface area contributed by atoms with Crippen LogP contribution in [0.4, 0.5) is 5.69 Å². The molecule has 0 fully saturated rings. The number of nitrogens with zero attached hydrogens (tertiary/aromatic N) is 1. The summed E-state index contributed by atoms with van der Waals surface area (Å²) in [4.78, 5) is 2.12. The van der Waals surface area contributed by atoms with Gasteiger partial charge in [0.15, 0.2) is 0 Å². The third-order valence-corrected chi connectivity index (χ3v) is 3.68. The lowest BCUT2D eigenvalue weighted by molar-refractivity contribution is 0.282. The smallest absolute Gasteiger partial charge is 0.119 e. The number of ether oxygens (including phenoxy) is 1. The quantitative estimate of drug-likeness (QED) is 0.906. The highest BCUT2D eigenvalue weighted by molar-refractivity contribution is 9.10. The van der Waals surface area contributed by atoms with E-state index in [9.17, 15) is 5.11 Å². The third-order valence-electron chi connectivity index (χ3n) is 3.18. The number of aliphatic hydroxyl groups excluding tert-OH is 1. The minimum Gasteiger partial charge on any atom is -0.497 e. The molecule has 2 rings (SSSR count). The van der Waals surface area contributed by atoms with Gasteiger partial charge in [-0.25, -0.2) is 0 Å². The van der Waals surface area contributed by atoms with Crippen molar-refractivity contribution in [3.05, 3.63) is 58.1 Å². The molecule has 0 aliphatic rings. The molecule has 0 aliphatic carbocycles. The van der Waals surface area contributed by atoms with E-state index in [0.29, 0.717) is 0 Å². The van der Waals surface area contributed by atoms with Crippen molar-refractivity contribution < 1.29 is 9.84 Å². The van der Waals surface area contributed by atoms with Gasteiger partial charge in [-0.3, -0.25) is 0 Å². The minimum absolute atomic E-state index is 0.0328. The Hall–Kier alpha value is -1.52. The Bertz CT molecular complexity index is 586. The molecule has 0 aromatic heterocycles. The monoisotopic (exact) mass is 335 g/mol. The molecule has 1 N–H and O–H groups in total. The van der Waals surface area contributed by atoms with Gasteiger partial charge >= 0.3 is 0 Å². The topological polar surface area (TPSA) is 32.7 Å². The van der Waals surface area contributed by atoms with Gasteiger partial charge in [-0.05, 0) is 29.8 Å². The van der Waals surface area contributed by atoms with Gasteiger partial charge in [0.1, 0.15) is 5.75 Å². The highest BCUT2D eigenvalue weighted by Gasteiger charge is 2.08. The van der Waals surface area contributed by atoms with Crippen LogP contribution < -0.4 is 9.64 Å². The maximum atomic E-state index is 9.44. The Morgan fingerprint density at radius 1 is 1.20 bits per heavy atom. The summed E-state index contributed by atoms with van der Waals surface area (Å²) in [6.07, 6.45) is 0. The molecule has 0 radical (unpaired) electrons. The number of methoxy groups -OCH3 is 1. The fourth-order valence-corrected chi connectivity index (χ4v) is 2.50. The van der Waals surface area contributed by atoms with Crippen LogP contribution in [0.1, 0.15) is 11.1 Å². The summed E-state index contributed by atoms with van der Waals surface area (Å²) < 4.78 is 6.24. The molecule has 0 amide bonds. The van der Waals surface area contributed by atoms with Crippen LogP contribution in [0.3, 0.4) is 0 Å². The first kappa shape index (κ1) is 14.9. The zero-order valence-corrected chi connectivity index (χ0v) is 13.2. The number of halogens is 1. The number of benzene rings is 2. The van der Waals surface area contributed by atoms with E-state index in [2.05, 4.69) is 26.9 Å². The van der Waals surface area contributed by atoms with Gasteiger partial charge in [-0.15, -0.1) is 0 Å². The molecule has 0 saturated carbocycles. The molecular formula is C16H18BrNO2. The Balaban J connectivity index is 2.23. The van der Waals surface area contributed by atoms with Crippen LogP contribution >= 0.6 is 15.9 Å². The Labute approximate surface area is 127 Å². The predicted octanol–water partition coefficient (Wildman–Crippen LogP) is 3.59. The summed E-state index contributed by atoms with van der Waals surface area (Å²) >= 11 is 3.47. The van der Waals surface area contributed by atoms with Crippen molar-refractivity contribution in [1.82, 2.24) is 0 Å². The van der Waals surface area contributed by atoms with Gasteiger partial charge in [0, 0.05) is 29.3 Å².